The molecule has 246 valence electrons. The number of fused-ring (bicyclic) bond motifs is 4. The molecule has 3 saturated heterocycles. The number of rotatable bonds is 8. The van der Waals surface area contributed by atoms with Gasteiger partial charge >= 0.3 is 6.01 Å². The van der Waals surface area contributed by atoms with E-state index < -0.39 is 17.2 Å². The number of pyridine rings is 1. The highest BCUT2D eigenvalue weighted by molar-refractivity contribution is 7.23. The molecule has 0 radical (unpaired) electrons. The molecular weight excluding hydrogens is 626 g/mol. The zero-order chi connectivity index (χ0) is 32.4. The van der Waals surface area contributed by atoms with E-state index in [-0.39, 0.29) is 73.1 Å². The second-order valence-corrected chi connectivity index (χ2v) is 14.1. The Morgan fingerprint density at radius 1 is 1.09 bits per heavy atom. The highest BCUT2D eigenvalue weighted by Crippen LogP contribution is 2.45. The molecule has 8 rings (SSSR count). The first-order chi connectivity index (χ1) is 22.8. The number of nitrogen functional groups attached to an aromatic ring is 1. The average molecular weight is 663 g/mol. The minimum atomic E-state index is -0.728. The van der Waals surface area contributed by atoms with E-state index in [2.05, 4.69) is 26.2 Å². The lowest BCUT2D eigenvalue weighted by Crippen LogP contribution is -2.51. The number of nitriles is 1. The van der Waals surface area contributed by atoms with Crippen LogP contribution in [0.15, 0.2) is 16.9 Å². The van der Waals surface area contributed by atoms with Gasteiger partial charge in [-0.3, -0.25) is 4.79 Å². The van der Waals surface area contributed by atoms with Crippen molar-refractivity contribution in [2.75, 3.05) is 57.1 Å². The first-order valence-corrected chi connectivity index (χ1v) is 17.1. The Labute approximate surface area is 273 Å². The molecule has 11 nitrogen and oxygen atoms in total. The van der Waals surface area contributed by atoms with Crippen molar-refractivity contribution >= 4 is 43.1 Å². The number of halogens is 2. The predicted molar refractivity (Wildman–Crippen MR) is 176 cm³/mol. The summed E-state index contributed by atoms with van der Waals surface area (Å²) < 4.78 is 45.6. The van der Waals surface area contributed by atoms with E-state index in [1.165, 1.54) is 16.7 Å². The lowest BCUT2D eigenvalue weighted by atomic mass is 10.0. The number of ether oxygens (including phenoxy) is 2. The van der Waals surface area contributed by atoms with Gasteiger partial charge in [0.05, 0.1) is 22.6 Å². The Morgan fingerprint density at radius 3 is 2.51 bits per heavy atom. The number of methoxy groups -OCH3 is 1. The third-order valence-electron chi connectivity index (χ3n) is 9.99. The Morgan fingerprint density at radius 2 is 1.83 bits per heavy atom. The predicted octanol–water partition coefficient (Wildman–Crippen LogP) is 4.17. The van der Waals surface area contributed by atoms with Crippen LogP contribution in [0.2, 0.25) is 0 Å². The molecule has 4 fully saturated rings. The number of hydrogen-bond acceptors (Lipinski definition) is 11. The van der Waals surface area contributed by atoms with Gasteiger partial charge in [0, 0.05) is 68.9 Å². The molecule has 0 spiro atoms. The lowest BCUT2D eigenvalue weighted by molar-refractivity contribution is 0.0747. The van der Waals surface area contributed by atoms with Crippen LogP contribution >= 0.6 is 11.3 Å². The van der Waals surface area contributed by atoms with Crippen LogP contribution < -0.4 is 26.2 Å². The first-order valence-electron chi connectivity index (χ1n) is 16.3. The van der Waals surface area contributed by atoms with Crippen molar-refractivity contribution in [3.63, 3.8) is 0 Å². The van der Waals surface area contributed by atoms with Gasteiger partial charge < -0.3 is 34.9 Å². The van der Waals surface area contributed by atoms with E-state index in [0.717, 1.165) is 56.7 Å². The summed E-state index contributed by atoms with van der Waals surface area (Å²) in [5.41, 5.74) is 5.87. The van der Waals surface area contributed by atoms with Crippen LogP contribution in [0.25, 0.3) is 32.2 Å². The standard InChI is InChI=1S/C33H36F2N8O3S/c1-45-13-12-41-10-8-20(9-11-41)46-33-39-27-25(31(40-33)42-15-17-2-3-18(16-42)38-17)32(44)43(19-4-5-19)28(26(27)35)21-6-7-23(34)29-24(21)22(14-36)30(37)47-29/h6-7,17-20,38H,2-5,8-13,15-16,37H2,1H3. The van der Waals surface area contributed by atoms with Gasteiger partial charge in [-0.15, -0.1) is 11.3 Å². The van der Waals surface area contributed by atoms with Crippen molar-refractivity contribution in [1.82, 2.24) is 24.8 Å². The van der Waals surface area contributed by atoms with Crippen molar-refractivity contribution in [3.05, 3.63) is 39.7 Å². The molecule has 3 aliphatic heterocycles. The van der Waals surface area contributed by atoms with Gasteiger partial charge in [0.25, 0.3) is 5.56 Å². The summed E-state index contributed by atoms with van der Waals surface area (Å²) in [5.74, 6) is -0.910. The molecule has 2 unspecified atom stereocenters. The molecule has 1 saturated carbocycles. The van der Waals surface area contributed by atoms with Gasteiger partial charge in [-0.1, -0.05) is 0 Å². The zero-order valence-electron chi connectivity index (χ0n) is 26.1. The van der Waals surface area contributed by atoms with Crippen molar-refractivity contribution < 1.29 is 18.3 Å². The number of piperazine rings is 1. The largest absolute Gasteiger partial charge is 0.460 e. The molecule has 4 aliphatic rings. The van der Waals surface area contributed by atoms with E-state index in [1.54, 1.807) is 7.11 Å². The van der Waals surface area contributed by atoms with Crippen molar-refractivity contribution in [1.29, 1.82) is 5.26 Å². The Kier molecular flexibility index (Phi) is 7.75. The fourth-order valence-electron chi connectivity index (χ4n) is 7.52. The first kappa shape index (κ1) is 30.4. The molecule has 3 N–H and O–H groups in total. The van der Waals surface area contributed by atoms with E-state index >= 15 is 8.78 Å². The van der Waals surface area contributed by atoms with Gasteiger partial charge in [0.1, 0.15) is 39.7 Å². The summed E-state index contributed by atoms with van der Waals surface area (Å²) >= 11 is 0.938. The molecule has 2 bridgehead atoms. The minimum Gasteiger partial charge on any atom is -0.460 e. The molecule has 0 amide bonds. The van der Waals surface area contributed by atoms with Crippen LogP contribution in [0, 0.1) is 23.0 Å². The van der Waals surface area contributed by atoms with Gasteiger partial charge in [-0.25, -0.2) is 8.78 Å². The SMILES string of the molecule is COCCN1CCC(Oc2nc(N3CC4CCC(C3)N4)c3c(=O)n(C4CC4)c(-c4ccc(F)c5sc(N)c(C#N)c45)c(F)c3n2)CC1. The Hall–Kier alpha value is -3.90. The second kappa shape index (κ2) is 12.0. The van der Waals surface area contributed by atoms with Gasteiger partial charge in [-0.2, -0.15) is 15.2 Å². The van der Waals surface area contributed by atoms with Crippen molar-refractivity contribution in [2.45, 2.75) is 62.8 Å². The minimum absolute atomic E-state index is 0.0215. The second-order valence-electron chi connectivity index (χ2n) is 13.1. The molecule has 47 heavy (non-hydrogen) atoms. The monoisotopic (exact) mass is 662 g/mol. The van der Waals surface area contributed by atoms with E-state index in [9.17, 15) is 10.1 Å². The number of benzene rings is 1. The highest BCUT2D eigenvalue weighted by atomic mass is 32.1. The van der Waals surface area contributed by atoms with Crippen molar-refractivity contribution in [3.8, 4) is 23.3 Å². The Balaban J connectivity index is 1.31. The van der Waals surface area contributed by atoms with E-state index in [0.29, 0.717) is 38.4 Å². The molecule has 3 aromatic heterocycles. The summed E-state index contributed by atoms with van der Waals surface area (Å²) in [4.78, 5) is 28.5. The van der Waals surface area contributed by atoms with Crippen LogP contribution in [-0.4, -0.2) is 84.1 Å². The number of nitrogens with one attached hydrogen (secondary N) is 1. The van der Waals surface area contributed by atoms with Gasteiger partial charge in [0.15, 0.2) is 5.82 Å². The normalized spacial score (nSPS) is 22.0. The zero-order valence-corrected chi connectivity index (χ0v) is 26.9. The van der Waals surface area contributed by atoms with Gasteiger partial charge in [-0.05, 0) is 50.7 Å². The number of likely N-dealkylation sites (tertiary alicyclic amines) is 1. The summed E-state index contributed by atoms with van der Waals surface area (Å²) in [6.45, 7) is 4.41. The number of aromatic nitrogens is 3. The van der Waals surface area contributed by atoms with Crippen LogP contribution in [0.3, 0.4) is 0 Å². The van der Waals surface area contributed by atoms with E-state index in [4.69, 9.17) is 20.2 Å². The topological polar surface area (TPSA) is 135 Å². The van der Waals surface area contributed by atoms with E-state index in [1.807, 2.05) is 0 Å². The molecule has 14 heteroatoms. The summed E-state index contributed by atoms with van der Waals surface area (Å²) in [7, 11) is 1.69. The number of hydrogen-bond donors (Lipinski definition) is 2. The number of nitrogens with zero attached hydrogens (tertiary/aromatic N) is 6. The van der Waals surface area contributed by atoms with Crippen LogP contribution in [0.4, 0.5) is 19.6 Å². The quantitative estimate of drug-likeness (QED) is 0.283. The molecule has 1 aromatic carbocycles. The van der Waals surface area contributed by atoms with Crippen molar-refractivity contribution in [2.24, 2.45) is 0 Å². The maximum atomic E-state index is 17.3. The number of piperidine rings is 1. The molecule has 6 heterocycles. The summed E-state index contributed by atoms with van der Waals surface area (Å²) in [5, 5.41) is 14.0. The molecule has 2 atom stereocenters. The number of thiophene rings is 1. The fourth-order valence-corrected chi connectivity index (χ4v) is 8.47. The molecular formula is C33H36F2N8O3S. The fraction of sp³-hybridized carbons (Fsp3) is 0.515. The smallest absolute Gasteiger partial charge is 0.319 e. The van der Waals surface area contributed by atoms with Crippen LogP contribution in [0.1, 0.15) is 50.1 Å². The maximum absolute atomic E-state index is 17.3. The summed E-state index contributed by atoms with van der Waals surface area (Å²) in [6, 6.07) is 5.00. The number of nitrogens with two attached hydrogens (primary N) is 1. The van der Waals surface area contributed by atoms with Crippen LogP contribution in [0.5, 0.6) is 6.01 Å². The lowest BCUT2D eigenvalue weighted by Gasteiger charge is -2.35. The van der Waals surface area contributed by atoms with Crippen LogP contribution in [-0.2, 0) is 4.74 Å². The van der Waals surface area contributed by atoms with Gasteiger partial charge in [0.2, 0.25) is 0 Å². The number of anilines is 2. The highest BCUT2D eigenvalue weighted by Gasteiger charge is 2.38. The third-order valence-corrected chi connectivity index (χ3v) is 11.0. The molecule has 4 aromatic rings. The third kappa shape index (κ3) is 5.29. The summed E-state index contributed by atoms with van der Waals surface area (Å²) in [6.07, 6.45) is 4.75. The Bertz CT molecular complexity index is 1970. The molecule has 1 aliphatic carbocycles. The maximum Gasteiger partial charge on any atom is 0.319 e. The average Bonchev–Trinajstić information content (AvgIpc) is 3.77.